The first-order valence-electron chi connectivity index (χ1n) is 6.43. The third-order valence-electron chi connectivity index (χ3n) is 2.90. The molecule has 0 aliphatic heterocycles. The van der Waals surface area contributed by atoms with Crippen LogP contribution in [-0.2, 0) is 4.79 Å². The molecule has 0 aliphatic carbocycles. The number of aliphatic carboxylic acids is 1. The minimum absolute atomic E-state index is 0.0474. The Morgan fingerprint density at radius 1 is 1.38 bits per heavy atom. The molecule has 1 N–H and O–H groups in total. The van der Waals surface area contributed by atoms with E-state index >= 15 is 0 Å². The van der Waals surface area contributed by atoms with Crippen LogP contribution in [0.25, 0.3) is 11.3 Å². The van der Waals surface area contributed by atoms with Gasteiger partial charge in [0.2, 0.25) is 0 Å². The highest BCUT2D eigenvalue weighted by molar-refractivity contribution is 7.99. The number of rotatable bonds is 5. The summed E-state index contributed by atoms with van der Waals surface area (Å²) in [7, 11) is 0. The van der Waals surface area contributed by atoms with Crippen molar-refractivity contribution in [3.63, 3.8) is 0 Å². The van der Waals surface area contributed by atoms with Gasteiger partial charge in [-0.2, -0.15) is 5.26 Å². The molecule has 0 amide bonds. The van der Waals surface area contributed by atoms with Crippen LogP contribution in [0.4, 0.5) is 0 Å². The molecule has 0 aliphatic rings. The van der Waals surface area contributed by atoms with Gasteiger partial charge in [0.1, 0.15) is 11.1 Å². The highest BCUT2D eigenvalue weighted by atomic mass is 32.2. The molecule has 0 fully saturated rings. The third-order valence-corrected chi connectivity index (χ3v) is 3.89. The maximum atomic E-state index is 10.6. The minimum Gasteiger partial charge on any atom is -0.481 e. The minimum atomic E-state index is -0.851. The van der Waals surface area contributed by atoms with Gasteiger partial charge < -0.3 is 5.11 Å². The molecule has 1 aromatic heterocycles. The zero-order valence-electron chi connectivity index (χ0n) is 11.5. The van der Waals surface area contributed by atoms with Crippen LogP contribution in [0, 0.1) is 18.3 Å². The number of hydrogen-bond donors (Lipinski definition) is 1. The van der Waals surface area contributed by atoms with Crippen molar-refractivity contribution in [3.8, 4) is 17.3 Å². The first-order valence-corrected chi connectivity index (χ1v) is 7.42. The second-order valence-corrected chi connectivity index (χ2v) is 5.56. The summed E-state index contributed by atoms with van der Waals surface area (Å²) in [6.07, 6.45) is 0.0474. The number of hydrogen-bond acceptors (Lipinski definition) is 4. The van der Waals surface area contributed by atoms with Gasteiger partial charge in [-0.3, -0.25) is 4.79 Å². The topological polar surface area (TPSA) is 74.0 Å². The molecular weight excluding hydrogens is 284 g/mol. The number of aromatic nitrogens is 1. The SMILES string of the molecule is Cc1cc(C#N)c(SCCC(=O)O)nc1-c1ccccc1. The van der Waals surface area contributed by atoms with Gasteiger partial charge in [-0.1, -0.05) is 30.3 Å². The van der Waals surface area contributed by atoms with Gasteiger partial charge in [-0.05, 0) is 18.6 Å². The molecule has 2 rings (SSSR count). The molecule has 5 heteroatoms. The Labute approximate surface area is 127 Å². The zero-order chi connectivity index (χ0) is 15.2. The maximum Gasteiger partial charge on any atom is 0.304 e. The van der Waals surface area contributed by atoms with Crippen molar-refractivity contribution in [3.05, 3.63) is 47.5 Å². The van der Waals surface area contributed by atoms with Gasteiger partial charge in [-0.15, -0.1) is 11.8 Å². The van der Waals surface area contributed by atoms with Crippen molar-refractivity contribution in [2.75, 3.05) is 5.75 Å². The molecule has 0 unspecified atom stereocenters. The Bertz CT molecular complexity index is 693. The van der Waals surface area contributed by atoms with Crippen molar-refractivity contribution in [1.29, 1.82) is 5.26 Å². The normalized spacial score (nSPS) is 10.1. The van der Waals surface area contributed by atoms with Crippen LogP contribution < -0.4 is 0 Å². The molecule has 0 saturated carbocycles. The van der Waals surface area contributed by atoms with Crippen LogP contribution in [0.5, 0.6) is 0 Å². The monoisotopic (exact) mass is 298 g/mol. The second-order valence-electron chi connectivity index (χ2n) is 4.48. The number of aryl methyl sites for hydroxylation is 1. The number of carboxylic acids is 1. The van der Waals surface area contributed by atoms with Gasteiger partial charge in [0.25, 0.3) is 0 Å². The average molecular weight is 298 g/mol. The number of benzene rings is 1. The number of nitrogens with zero attached hydrogens (tertiary/aromatic N) is 2. The summed E-state index contributed by atoms with van der Waals surface area (Å²) < 4.78 is 0. The van der Waals surface area contributed by atoms with E-state index in [2.05, 4.69) is 11.1 Å². The third kappa shape index (κ3) is 3.83. The number of carbonyl (C=O) groups is 1. The van der Waals surface area contributed by atoms with E-state index in [9.17, 15) is 10.1 Å². The highest BCUT2D eigenvalue weighted by Crippen LogP contribution is 2.28. The molecule has 106 valence electrons. The van der Waals surface area contributed by atoms with Crippen molar-refractivity contribution >= 4 is 17.7 Å². The van der Waals surface area contributed by atoms with E-state index < -0.39 is 5.97 Å². The molecule has 0 atom stereocenters. The standard InChI is InChI=1S/C16H14N2O2S/c1-11-9-13(10-17)16(21-8-7-14(19)20)18-15(11)12-5-3-2-4-6-12/h2-6,9H,7-8H2,1H3,(H,19,20). The quantitative estimate of drug-likeness (QED) is 0.855. The van der Waals surface area contributed by atoms with E-state index in [0.717, 1.165) is 16.8 Å². The molecule has 2 aromatic rings. The van der Waals surface area contributed by atoms with Crippen LogP contribution in [0.2, 0.25) is 0 Å². The Morgan fingerprint density at radius 3 is 2.71 bits per heavy atom. The maximum absolute atomic E-state index is 10.6. The van der Waals surface area contributed by atoms with E-state index in [1.165, 1.54) is 11.8 Å². The smallest absolute Gasteiger partial charge is 0.304 e. The molecular formula is C16H14N2O2S. The molecule has 1 heterocycles. The lowest BCUT2D eigenvalue weighted by atomic mass is 10.1. The van der Waals surface area contributed by atoms with Crippen molar-refractivity contribution < 1.29 is 9.90 Å². The van der Waals surface area contributed by atoms with Gasteiger partial charge in [-0.25, -0.2) is 4.98 Å². The van der Waals surface area contributed by atoms with E-state index in [-0.39, 0.29) is 6.42 Å². The molecule has 4 nitrogen and oxygen atoms in total. The van der Waals surface area contributed by atoms with E-state index in [1.807, 2.05) is 37.3 Å². The Hall–Kier alpha value is -2.32. The predicted octanol–water partition coefficient (Wildman–Crippen LogP) is 3.50. The molecule has 1 aromatic carbocycles. The number of thioether (sulfide) groups is 1. The number of nitriles is 1. The summed E-state index contributed by atoms with van der Waals surface area (Å²) in [6, 6.07) is 13.7. The molecule has 21 heavy (non-hydrogen) atoms. The van der Waals surface area contributed by atoms with Gasteiger partial charge in [0.15, 0.2) is 0 Å². The molecule has 0 radical (unpaired) electrons. The van der Waals surface area contributed by atoms with Gasteiger partial charge in [0.05, 0.1) is 17.7 Å². The van der Waals surface area contributed by atoms with Crippen LogP contribution in [0.15, 0.2) is 41.4 Å². The van der Waals surface area contributed by atoms with E-state index in [0.29, 0.717) is 16.3 Å². The fraction of sp³-hybridized carbons (Fsp3) is 0.188. The van der Waals surface area contributed by atoms with Crippen molar-refractivity contribution in [2.45, 2.75) is 18.4 Å². The highest BCUT2D eigenvalue weighted by Gasteiger charge is 2.12. The molecule has 0 spiro atoms. The number of pyridine rings is 1. The lowest BCUT2D eigenvalue weighted by Crippen LogP contribution is -1.99. The fourth-order valence-corrected chi connectivity index (χ4v) is 2.80. The summed E-state index contributed by atoms with van der Waals surface area (Å²) in [5.41, 5.74) is 3.23. The predicted molar refractivity (Wildman–Crippen MR) is 82.1 cm³/mol. The molecule has 0 saturated heterocycles. The molecule has 0 bridgehead atoms. The fourth-order valence-electron chi connectivity index (χ4n) is 1.91. The van der Waals surface area contributed by atoms with E-state index in [4.69, 9.17) is 5.11 Å². The van der Waals surface area contributed by atoms with Crippen molar-refractivity contribution in [2.24, 2.45) is 0 Å². The summed E-state index contributed by atoms with van der Waals surface area (Å²) in [5, 5.41) is 18.5. The second kappa shape index (κ2) is 6.91. The average Bonchev–Trinajstić information content (AvgIpc) is 2.48. The van der Waals surface area contributed by atoms with Crippen molar-refractivity contribution in [1.82, 2.24) is 4.98 Å². The Morgan fingerprint density at radius 2 is 2.10 bits per heavy atom. The lowest BCUT2D eigenvalue weighted by Gasteiger charge is -2.09. The van der Waals surface area contributed by atoms with Crippen LogP contribution in [-0.4, -0.2) is 21.8 Å². The number of carboxylic acid groups (broad SMARTS) is 1. The lowest BCUT2D eigenvalue weighted by molar-refractivity contribution is -0.136. The van der Waals surface area contributed by atoms with Crippen LogP contribution in [0.1, 0.15) is 17.5 Å². The Kier molecular flexibility index (Phi) is 4.96. The first-order chi connectivity index (χ1) is 10.1. The zero-order valence-corrected chi connectivity index (χ0v) is 12.4. The largest absolute Gasteiger partial charge is 0.481 e. The van der Waals surface area contributed by atoms with E-state index in [1.54, 1.807) is 6.07 Å². The van der Waals surface area contributed by atoms with Crippen LogP contribution in [0.3, 0.4) is 0 Å². The first kappa shape index (κ1) is 15.1. The Balaban J connectivity index is 2.35. The van der Waals surface area contributed by atoms with Crippen LogP contribution >= 0.6 is 11.8 Å². The summed E-state index contributed by atoms with van der Waals surface area (Å²) in [4.78, 5) is 15.1. The van der Waals surface area contributed by atoms with Gasteiger partial charge in [0, 0.05) is 11.3 Å². The summed E-state index contributed by atoms with van der Waals surface area (Å²) in [6.45, 7) is 1.92. The van der Waals surface area contributed by atoms with Gasteiger partial charge >= 0.3 is 5.97 Å². The summed E-state index contributed by atoms with van der Waals surface area (Å²) >= 11 is 1.30. The summed E-state index contributed by atoms with van der Waals surface area (Å²) in [5.74, 6) is -0.453.